The molecule has 1 amide bonds. The molecule has 0 spiro atoms. The topological polar surface area (TPSA) is 38.3 Å². The third-order valence-corrected chi connectivity index (χ3v) is 4.05. The lowest BCUT2D eigenvalue weighted by atomic mass is 9.72. The van der Waals surface area contributed by atoms with Crippen LogP contribution in [0.15, 0.2) is 22.7 Å². The van der Waals surface area contributed by atoms with Gasteiger partial charge < -0.3 is 10.1 Å². The molecule has 1 aliphatic carbocycles. The average Bonchev–Trinajstić information content (AvgIpc) is 2.21. The molecule has 0 saturated heterocycles. The molecule has 1 N–H and O–H groups in total. The minimum Gasteiger partial charge on any atom is -0.444 e. The molecule has 1 fully saturated rings. The third kappa shape index (κ3) is 3.32. The normalized spacial score (nSPS) is 17.2. The Kier molecular flexibility index (Phi) is 4.09. The van der Waals surface area contributed by atoms with Crippen molar-refractivity contribution in [3.63, 3.8) is 0 Å². The van der Waals surface area contributed by atoms with Crippen LogP contribution in [-0.2, 0) is 10.3 Å². The van der Waals surface area contributed by atoms with Gasteiger partial charge in [-0.05, 0) is 57.7 Å². The predicted molar refractivity (Wildman–Crippen MR) is 79.0 cm³/mol. The Hall–Kier alpha value is -1.10. The summed E-state index contributed by atoms with van der Waals surface area (Å²) < 4.78 is 19.2. The standard InChI is InChI=1S/C15H19BrFNO2/c1-14(2,3)20-13(19)18-15(7-4-8-15)11-6-5-10(17)9-12(11)16/h5-6,9H,4,7-8H2,1-3H3,(H,18,19). The predicted octanol–water partition coefficient (Wildman–Crippen LogP) is 4.49. The first-order chi connectivity index (χ1) is 9.22. The third-order valence-electron chi connectivity index (χ3n) is 3.39. The molecule has 1 aliphatic rings. The highest BCUT2D eigenvalue weighted by atomic mass is 79.9. The van der Waals surface area contributed by atoms with Gasteiger partial charge in [0.1, 0.15) is 11.4 Å². The van der Waals surface area contributed by atoms with Gasteiger partial charge in [-0.2, -0.15) is 0 Å². The number of hydrogen-bond donors (Lipinski definition) is 1. The second-order valence-electron chi connectivity index (χ2n) is 6.19. The summed E-state index contributed by atoms with van der Waals surface area (Å²) in [5.41, 5.74) is -0.0831. The fourth-order valence-corrected chi connectivity index (χ4v) is 3.10. The second-order valence-corrected chi connectivity index (χ2v) is 7.04. The van der Waals surface area contributed by atoms with Crippen molar-refractivity contribution < 1.29 is 13.9 Å². The molecule has 1 saturated carbocycles. The molecule has 0 heterocycles. The fraction of sp³-hybridized carbons (Fsp3) is 0.533. The van der Waals surface area contributed by atoms with Crippen LogP contribution in [0.5, 0.6) is 0 Å². The van der Waals surface area contributed by atoms with Gasteiger partial charge in [0.2, 0.25) is 0 Å². The van der Waals surface area contributed by atoms with Gasteiger partial charge in [-0.15, -0.1) is 0 Å². The molecule has 0 radical (unpaired) electrons. The van der Waals surface area contributed by atoms with Crippen LogP contribution in [0.4, 0.5) is 9.18 Å². The van der Waals surface area contributed by atoms with Gasteiger partial charge in [0.25, 0.3) is 0 Å². The maximum absolute atomic E-state index is 13.2. The zero-order valence-electron chi connectivity index (χ0n) is 11.9. The molecule has 0 aromatic heterocycles. The van der Waals surface area contributed by atoms with Gasteiger partial charge >= 0.3 is 6.09 Å². The molecule has 0 unspecified atom stereocenters. The van der Waals surface area contributed by atoms with Gasteiger partial charge in [-0.1, -0.05) is 22.0 Å². The average molecular weight is 344 g/mol. The first kappa shape index (κ1) is 15.3. The SMILES string of the molecule is CC(C)(C)OC(=O)NC1(c2ccc(F)cc2Br)CCC1. The molecular formula is C15H19BrFNO2. The number of amides is 1. The Bertz CT molecular complexity index is 521. The molecule has 0 aliphatic heterocycles. The summed E-state index contributed by atoms with van der Waals surface area (Å²) >= 11 is 3.38. The number of benzene rings is 1. The van der Waals surface area contributed by atoms with E-state index in [1.54, 1.807) is 6.07 Å². The van der Waals surface area contributed by atoms with Crippen LogP contribution in [0, 0.1) is 5.82 Å². The van der Waals surface area contributed by atoms with E-state index < -0.39 is 17.2 Å². The second kappa shape index (κ2) is 5.35. The zero-order valence-corrected chi connectivity index (χ0v) is 13.5. The molecule has 2 rings (SSSR count). The maximum Gasteiger partial charge on any atom is 0.408 e. The lowest BCUT2D eigenvalue weighted by molar-refractivity contribution is 0.0376. The Morgan fingerprint density at radius 3 is 2.50 bits per heavy atom. The zero-order chi connectivity index (χ0) is 15.0. The van der Waals surface area contributed by atoms with E-state index in [0.717, 1.165) is 24.8 Å². The highest BCUT2D eigenvalue weighted by molar-refractivity contribution is 9.10. The largest absolute Gasteiger partial charge is 0.444 e. The van der Waals surface area contributed by atoms with Crippen molar-refractivity contribution in [2.45, 2.75) is 51.2 Å². The number of rotatable bonds is 2. The van der Waals surface area contributed by atoms with E-state index >= 15 is 0 Å². The first-order valence-electron chi connectivity index (χ1n) is 6.69. The van der Waals surface area contributed by atoms with Crippen LogP contribution >= 0.6 is 15.9 Å². The highest BCUT2D eigenvalue weighted by Crippen LogP contribution is 2.44. The van der Waals surface area contributed by atoms with Crippen molar-refractivity contribution in [2.24, 2.45) is 0 Å². The number of alkyl carbamates (subject to hydrolysis) is 1. The van der Waals surface area contributed by atoms with Gasteiger partial charge in [0.15, 0.2) is 0 Å². The Balaban J connectivity index is 2.20. The minimum absolute atomic E-state index is 0.299. The van der Waals surface area contributed by atoms with Crippen LogP contribution in [-0.4, -0.2) is 11.7 Å². The van der Waals surface area contributed by atoms with Crippen molar-refractivity contribution in [1.29, 1.82) is 0 Å². The van der Waals surface area contributed by atoms with E-state index in [2.05, 4.69) is 21.2 Å². The van der Waals surface area contributed by atoms with Crippen LogP contribution in [0.3, 0.4) is 0 Å². The summed E-state index contributed by atoms with van der Waals surface area (Å²) in [6.45, 7) is 5.48. The molecule has 1 aromatic carbocycles. The molecule has 0 bridgehead atoms. The molecule has 110 valence electrons. The van der Waals surface area contributed by atoms with E-state index in [1.807, 2.05) is 20.8 Å². The van der Waals surface area contributed by atoms with Crippen molar-refractivity contribution in [3.05, 3.63) is 34.1 Å². The Morgan fingerprint density at radius 2 is 2.05 bits per heavy atom. The number of halogens is 2. The summed E-state index contributed by atoms with van der Waals surface area (Å²) in [6, 6.07) is 4.55. The molecule has 0 atom stereocenters. The minimum atomic E-state index is -0.533. The maximum atomic E-state index is 13.2. The van der Waals surface area contributed by atoms with Crippen molar-refractivity contribution in [3.8, 4) is 0 Å². The molecule has 3 nitrogen and oxygen atoms in total. The Labute approximate surface area is 127 Å². The van der Waals surface area contributed by atoms with Crippen molar-refractivity contribution >= 4 is 22.0 Å². The molecule has 20 heavy (non-hydrogen) atoms. The molecule has 5 heteroatoms. The van der Waals surface area contributed by atoms with Gasteiger partial charge in [-0.3, -0.25) is 0 Å². The molecular weight excluding hydrogens is 325 g/mol. The quantitative estimate of drug-likeness (QED) is 0.858. The first-order valence-corrected chi connectivity index (χ1v) is 7.48. The number of hydrogen-bond acceptors (Lipinski definition) is 2. The van der Waals surface area contributed by atoms with E-state index in [9.17, 15) is 9.18 Å². The molecule has 1 aromatic rings. The summed E-state index contributed by atoms with van der Waals surface area (Å²) in [5, 5.41) is 2.95. The monoisotopic (exact) mass is 343 g/mol. The highest BCUT2D eigenvalue weighted by Gasteiger charge is 2.42. The van der Waals surface area contributed by atoms with Gasteiger partial charge in [0.05, 0.1) is 5.54 Å². The van der Waals surface area contributed by atoms with Crippen molar-refractivity contribution in [2.75, 3.05) is 0 Å². The Morgan fingerprint density at radius 1 is 1.40 bits per heavy atom. The number of ether oxygens (including phenoxy) is 1. The number of carbonyl (C=O) groups excluding carboxylic acids is 1. The van der Waals surface area contributed by atoms with E-state index in [1.165, 1.54) is 12.1 Å². The summed E-state index contributed by atoms with van der Waals surface area (Å²) in [7, 11) is 0. The van der Waals surface area contributed by atoms with Crippen LogP contribution in [0.25, 0.3) is 0 Å². The van der Waals surface area contributed by atoms with E-state index in [0.29, 0.717) is 4.47 Å². The van der Waals surface area contributed by atoms with Gasteiger partial charge in [0, 0.05) is 4.47 Å². The lowest BCUT2D eigenvalue weighted by Crippen LogP contribution is -2.52. The number of nitrogens with one attached hydrogen (secondary N) is 1. The lowest BCUT2D eigenvalue weighted by Gasteiger charge is -2.43. The summed E-state index contributed by atoms with van der Waals surface area (Å²) in [6.07, 6.45) is 2.25. The van der Waals surface area contributed by atoms with Crippen LogP contribution in [0.2, 0.25) is 0 Å². The number of carbonyl (C=O) groups is 1. The smallest absolute Gasteiger partial charge is 0.408 e. The van der Waals surface area contributed by atoms with Crippen LogP contribution < -0.4 is 5.32 Å². The fourth-order valence-electron chi connectivity index (χ4n) is 2.37. The summed E-state index contributed by atoms with van der Waals surface area (Å²) in [4.78, 5) is 12.0. The summed E-state index contributed by atoms with van der Waals surface area (Å²) in [5.74, 6) is -0.299. The van der Waals surface area contributed by atoms with Crippen molar-refractivity contribution in [1.82, 2.24) is 5.32 Å². The van der Waals surface area contributed by atoms with E-state index in [-0.39, 0.29) is 5.82 Å². The van der Waals surface area contributed by atoms with Crippen LogP contribution in [0.1, 0.15) is 45.6 Å². The van der Waals surface area contributed by atoms with Gasteiger partial charge in [-0.25, -0.2) is 9.18 Å². The van der Waals surface area contributed by atoms with E-state index in [4.69, 9.17) is 4.74 Å².